The Hall–Kier alpha value is -3.03. The van der Waals surface area contributed by atoms with E-state index in [4.69, 9.17) is 9.47 Å². The molecule has 8 heteroatoms. The molecule has 0 saturated carbocycles. The molecule has 0 N–H and O–H groups in total. The predicted molar refractivity (Wildman–Crippen MR) is 102 cm³/mol. The third-order valence-electron chi connectivity index (χ3n) is 5.72. The number of hydrogen-bond acceptors (Lipinski definition) is 4. The van der Waals surface area contributed by atoms with Crippen molar-refractivity contribution < 1.29 is 32.2 Å². The van der Waals surface area contributed by atoms with Crippen LogP contribution >= 0.6 is 0 Å². The van der Waals surface area contributed by atoms with E-state index in [9.17, 15) is 22.8 Å². The van der Waals surface area contributed by atoms with Gasteiger partial charge in [0.1, 0.15) is 17.1 Å². The number of ether oxygens (including phenoxy) is 2. The first-order chi connectivity index (χ1) is 14.2. The molecule has 5 nitrogen and oxygen atoms in total. The number of ketones is 1. The van der Waals surface area contributed by atoms with Gasteiger partial charge in [0.05, 0.1) is 30.2 Å². The number of Topliss-reactive ketones (excluding diaryl/α,β-unsaturated/α-hetero) is 1. The average Bonchev–Trinajstić information content (AvgIpc) is 2.73. The highest BCUT2D eigenvalue weighted by molar-refractivity contribution is 6.01. The number of benzene rings is 2. The van der Waals surface area contributed by atoms with Gasteiger partial charge in [-0.15, -0.1) is 0 Å². The molecule has 0 unspecified atom stereocenters. The van der Waals surface area contributed by atoms with Crippen molar-refractivity contribution in [2.24, 2.45) is 0 Å². The number of rotatable bonds is 2. The molecular weight excluding hydrogens is 399 g/mol. The maximum absolute atomic E-state index is 13.3. The summed E-state index contributed by atoms with van der Waals surface area (Å²) in [6.07, 6.45) is -3.71. The SMILES string of the molecule is COc1ccc2c(c1)C(=O)CC1(CCN(C(=O)c3ccccc3C(F)(F)F)CC1)O2. The van der Waals surface area contributed by atoms with Crippen molar-refractivity contribution in [2.45, 2.75) is 31.0 Å². The topological polar surface area (TPSA) is 55.8 Å². The summed E-state index contributed by atoms with van der Waals surface area (Å²) in [7, 11) is 1.51. The van der Waals surface area contributed by atoms with Gasteiger partial charge >= 0.3 is 6.18 Å². The number of methoxy groups -OCH3 is 1. The third-order valence-corrected chi connectivity index (χ3v) is 5.72. The number of carbonyl (C=O) groups excluding carboxylic acids is 2. The van der Waals surface area contributed by atoms with E-state index in [0.29, 0.717) is 29.9 Å². The molecule has 2 aliphatic rings. The smallest absolute Gasteiger partial charge is 0.417 e. The Bertz CT molecular complexity index is 994. The van der Waals surface area contributed by atoms with E-state index >= 15 is 0 Å². The van der Waals surface area contributed by atoms with E-state index in [-0.39, 0.29) is 30.9 Å². The van der Waals surface area contributed by atoms with Crippen molar-refractivity contribution in [3.8, 4) is 11.5 Å². The largest absolute Gasteiger partial charge is 0.497 e. The van der Waals surface area contributed by atoms with Crippen LogP contribution in [-0.4, -0.2) is 42.4 Å². The average molecular weight is 419 g/mol. The summed E-state index contributed by atoms with van der Waals surface area (Å²) in [6, 6.07) is 9.81. The van der Waals surface area contributed by atoms with Gasteiger partial charge in [0.25, 0.3) is 5.91 Å². The number of piperidine rings is 1. The van der Waals surface area contributed by atoms with Crippen molar-refractivity contribution >= 4 is 11.7 Å². The van der Waals surface area contributed by atoms with Crippen LogP contribution in [0.25, 0.3) is 0 Å². The Morgan fingerprint density at radius 3 is 2.50 bits per heavy atom. The van der Waals surface area contributed by atoms with Crippen LogP contribution in [0.5, 0.6) is 11.5 Å². The van der Waals surface area contributed by atoms with Crippen LogP contribution in [0.15, 0.2) is 42.5 Å². The first-order valence-electron chi connectivity index (χ1n) is 9.58. The van der Waals surface area contributed by atoms with E-state index in [1.54, 1.807) is 18.2 Å². The van der Waals surface area contributed by atoms with Crippen molar-refractivity contribution in [2.75, 3.05) is 20.2 Å². The summed E-state index contributed by atoms with van der Waals surface area (Å²) in [6.45, 7) is 0.424. The van der Waals surface area contributed by atoms with E-state index in [2.05, 4.69) is 0 Å². The zero-order chi connectivity index (χ0) is 21.5. The van der Waals surface area contributed by atoms with Gasteiger partial charge in [-0.05, 0) is 30.3 Å². The molecule has 0 atom stereocenters. The molecule has 0 bridgehead atoms. The second-order valence-electron chi connectivity index (χ2n) is 7.58. The highest BCUT2D eigenvalue weighted by Gasteiger charge is 2.44. The summed E-state index contributed by atoms with van der Waals surface area (Å²) < 4.78 is 51.1. The van der Waals surface area contributed by atoms with Gasteiger partial charge in [0, 0.05) is 25.9 Å². The molecular formula is C22H20F3NO4. The first-order valence-corrected chi connectivity index (χ1v) is 9.58. The quantitative estimate of drug-likeness (QED) is 0.726. The lowest BCUT2D eigenvalue weighted by atomic mass is 9.82. The molecule has 0 aliphatic carbocycles. The summed E-state index contributed by atoms with van der Waals surface area (Å²) in [5, 5.41) is 0. The molecule has 1 amide bonds. The van der Waals surface area contributed by atoms with Gasteiger partial charge in [-0.3, -0.25) is 9.59 Å². The summed E-state index contributed by atoms with van der Waals surface area (Å²) in [4.78, 5) is 26.8. The summed E-state index contributed by atoms with van der Waals surface area (Å²) in [5.41, 5.74) is -1.60. The summed E-state index contributed by atoms with van der Waals surface area (Å²) in [5.74, 6) is 0.294. The molecule has 4 rings (SSSR count). The molecule has 1 fully saturated rings. The van der Waals surface area contributed by atoms with Crippen LogP contribution in [-0.2, 0) is 6.18 Å². The highest BCUT2D eigenvalue weighted by Crippen LogP contribution is 2.41. The molecule has 30 heavy (non-hydrogen) atoms. The molecule has 1 spiro atoms. The van der Waals surface area contributed by atoms with E-state index in [1.807, 2.05) is 0 Å². The molecule has 0 radical (unpaired) electrons. The number of likely N-dealkylation sites (tertiary alicyclic amines) is 1. The Labute approximate surface area is 171 Å². The number of nitrogens with zero attached hydrogens (tertiary/aromatic N) is 1. The van der Waals surface area contributed by atoms with Crippen LogP contribution in [0.3, 0.4) is 0 Å². The van der Waals surface area contributed by atoms with Crippen LogP contribution in [0.2, 0.25) is 0 Å². The van der Waals surface area contributed by atoms with Gasteiger partial charge in [0.15, 0.2) is 5.78 Å². The standard InChI is InChI=1S/C22H20F3NO4/c1-29-14-6-7-19-16(12-14)18(27)13-21(30-19)8-10-26(11-9-21)20(28)15-4-2-3-5-17(15)22(23,24)25/h2-7,12H,8-11,13H2,1H3. The minimum Gasteiger partial charge on any atom is -0.497 e. The van der Waals surface area contributed by atoms with E-state index in [1.165, 1.54) is 30.2 Å². The second-order valence-corrected chi connectivity index (χ2v) is 7.58. The second kappa shape index (κ2) is 7.34. The zero-order valence-corrected chi connectivity index (χ0v) is 16.3. The van der Waals surface area contributed by atoms with Gasteiger partial charge < -0.3 is 14.4 Å². The van der Waals surface area contributed by atoms with Crippen molar-refractivity contribution in [3.63, 3.8) is 0 Å². The van der Waals surface area contributed by atoms with Gasteiger partial charge in [-0.2, -0.15) is 13.2 Å². The fourth-order valence-corrected chi connectivity index (χ4v) is 4.08. The maximum Gasteiger partial charge on any atom is 0.417 e. The Kier molecular flexibility index (Phi) is 4.95. The molecule has 2 aromatic carbocycles. The first kappa shape index (κ1) is 20.3. The molecule has 0 aromatic heterocycles. The summed E-state index contributed by atoms with van der Waals surface area (Å²) >= 11 is 0. The highest BCUT2D eigenvalue weighted by atomic mass is 19.4. The number of halogens is 3. The van der Waals surface area contributed by atoms with E-state index < -0.39 is 23.2 Å². The number of hydrogen-bond donors (Lipinski definition) is 0. The Morgan fingerprint density at radius 2 is 1.83 bits per heavy atom. The fourth-order valence-electron chi connectivity index (χ4n) is 4.08. The maximum atomic E-state index is 13.3. The monoisotopic (exact) mass is 419 g/mol. The number of carbonyl (C=O) groups is 2. The van der Waals surface area contributed by atoms with Crippen LogP contribution < -0.4 is 9.47 Å². The van der Waals surface area contributed by atoms with Crippen LogP contribution in [0, 0.1) is 0 Å². The molecule has 1 saturated heterocycles. The number of fused-ring (bicyclic) bond motifs is 1. The molecule has 2 aliphatic heterocycles. The Balaban J connectivity index is 1.51. The molecule has 158 valence electrons. The lowest BCUT2D eigenvalue weighted by Gasteiger charge is -2.44. The van der Waals surface area contributed by atoms with Crippen LogP contribution in [0.1, 0.15) is 45.5 Å². The minimum atomic E-state index is -4.60. The van der Waals surface area contributed by atoms with E-state index in [0.717, 1.165) is 6.07 Å². The third kappa shape index (κ3) is 3.62. The van der Waals surface area contributed by atoms with Crippen LogP contribution in [0.4, 0.5) is 13.2 Å². The fraction of sp³-hybridized carbons (Fsp3) is 0.364. The molecule has 2 aromatic rings. The predicted octanol–water partition coefficient (Wildman–Crippen LogP) is 4.35. The van der Waals surface area contributed by atoms with Crippen molar-refractivity contribution in [1.82, 2.24) is 4.90 Å². The zero-order valence-electron chi connectivity index (χ0n) is 16.3. The van der Waals surface area contributed by atoms with Gasteiger partial charge in [-0.1, -0.05) is 12.1 Å². The van der Waals surface area contributed by atoms with Crippen molar-refractivity contribution in [3.05, 3.63) is 59.2 Å². The number of amides is 1. The van der Waals surface area contributed by atoms with Gasteiger partial charge in [0.2, 0.25) is 0 Å². The normalized spacial score (nSPS) is 18.0. The number of alkyl halides is 3. The lowest BCUT2D eigenvalue weighted by molar-refractivity contribution is -0.138. The van der Waals surface area contributed by atoms with Gasteiger partial charge in [-0.25, -0.2) is 0 Å². The minimum absolute atomic E-state index is 0.0719. The lowest BCUT2D eigenvalue weighted by Crippen LogP contribution is -2.52. The van der Waals surface area contributed by atoms with Crippen molar-refractivity contribution in [1.29, 1.82) is 0 Å². The molecule has 2 heterocycles. The Morgan fingerprint density at radius 1 is 1.13 bits per heavy atom.